The summed E-state index contributed by atoms with van der Waals surface area (Å²) in [7, 11) is 0. The Hall–Kier alpha value is -3.78. The van der Waals surface area contributed by atoms with Crippen molar-refractivity contribution in [3.8, 4) is 23.3 Å². The summed E-state index contributed by atoms with van der Waals surface area (Å²) >= 11 is 0. The third-order valence-electron chi connectivity index (χ3n) is 4.21. The van der Waals surface area contributed by atoms with Crippen molar-refractivity contribution in [2.24, 2.45) is 0 Å². The van der Waals surface area contributed by atoms with Gasteiger partial charge in [-0.3, -0.25) is 4.79 Å². The van der Waals surface area contributed by atoms with Gasteiger partial charge in [-0.2, -0.15) is 5.26 Å². The molecule has 0 aliphatic heterocycles. The van der Waals surface area contributed by atoms with Gasteiger partial charge in [0, 0.05) is 17.8 Å². The van der Waals surface area contributed by atoms with E-state index in [0.717, 1.165) is 5.75 Å². The molecule has 0 aliphatic rings. The van der Waals surface area contributed by atoms with E-state index in [9.17, 15) is 4.79 Å². The Morgan fingerprint density at radius 1 is 0.931 bits per heavy atom. The van der Waals surface area contributed by atoms with E-state index < -0.39 is 0 Å². The fraction of sp³-hybridized carbons (Fsp3) is 0.167. The van der Waals surface area contributed by atoms with Crippen LogP contribution in [0.15, 0.2) is 78.9 Å². The number of nitriles is 1. The van der Waals surface area contributed by atoms with E-state index in [0.29, 0.717) is 35.9 Å². The summed E-state index contributed by atoms with van der Waals surface area (Å²) < 4.78 is 11.3. The minimum atomic E-state index is -0.192. The molecule has 0 spiro atoms. The number of rotatable bonds is 8. The van der Waals surface area contributed by atoms with Gasteiger partial charge in [-0.1, -0.05) is 24.3 Å². The van der Waals surface area contributed by atoms with Crippen molar-refractivity contribution in [1.82, 2.24) is 0 Å². The van der Waals surface area contributed by atoms with Gasteiger partial charge in [0.15, 0.2) is 0 Å². The third-order valence-corrected chi connectivity index (χ3v) is 4.21. The molecule has 0 N–H and O–H groups in total. The molecule has 146 valence electrons. The third kappa shape index (κ3) is 5.36. The monoisotopic (exact) mass is 386 g/mol. The summed E-state index contributed by atoms with van der Waals surface area (Å²) in [5.74, 6) is 1.82. The number of anilines is 1. The average Bonchev–Trinajstić information content (AvgIpc) is 2.76. The van der Waals surface area contributed by atoms with Crippen LogP contribution in [0.3, 0.4) is 0 Å². The van der Waals surface area contributed by atoms with Gasteiger partial charge in [0.25, 0.3) is 5.91 Å². The number of hydrogen-bond acceptors (Lipinski definition) is 4. The van der Waals surface area contributed by atoms with Gasteiger partial charge in [-0.15, -0.1) is 0 Å². The fourth-order valence-electron chi connectivity index (χ4n) is 2.87. The lowest BCUT2D eigenvalue weighted by Gasteiger charge is -2.22. The lowest BCUT2D eigenvalue weighted by atomic mass is 10.1. The van der Waals surface area contributed by atoms with E-state index in [-0.39, 0.29) is 12.3 Å². The van der Waals surface area contributed by atoms with Crippen LogP contribution in [0.1, 0.15) is 23.7 Å². The Kier molecular flexibility index (Phi) is 6.85. The summed E-state index contributed by atoms with van der Waals surface area (Å²) in [6, 6.07) is 25.8. The normalized spacial score (nSPS) is 10.1. The van der Waals surface area contributed by atoms with E-state index in [1.807, 2.05) is 61.5 Å². The maximum absolute atomic E-state index is 13.2. The van der Waals surface area contributed by atoms with Crippen LogP contribution in [0, 0.1) is 11.3 Å². The molecular weight excluding hydrogens is 364 g/mol. The zero-order valence-electron chi connectivity index (χ0n) is 16.2. The SMILES string of the molecule is CCOc1ccc(N(CCC#N)C(=O)c2cccc(Oc3ccccc3)c2)cc1. The van der Waals surface area contributed by atoms with Crippen LogP contribution < -0.4 is 14.4 Å². The smallest absolute Gasteiger partial charge is 0.258 e. The van der Waals surface area contributed by atoms with Gasteiger partial charge in [-0.25, -0.2) is 0 Å². The first-order chi connectivity index (χ1) is 14.2. The number of hydrogen-bond donors (Lipinski definition) is 0. The van der Waals surface area contributed by atoms with E-state index in [4.69, 9.17) is 14.7 Å². The highest BCUT2D eigenvalue weighted by Crippen LogP contribution is 2.25. The van der Waals surface area contributed by atoms with Gasteiger partial charge in [0.1, 0.15) is 17.2 Å². The number of nitrogens with zero attached hydrogens (tertiary/aromatic N) is 2. The number of ether oxygens (including phenoxy) is 2. The molecule has 3 aromatic rings. The van der Waals surface area contributed by atoms with Crippen molar-refractivity contribution in [2.45, 2.75) is 13.3 Å². The van der Waals surface area contributed by atoms with E-state index in [1.54, 1.807) is 29.2 Å². The quantitative estimate of drug-likeness (QED) is 0.517. The predicted octanol–water partition coefficient (Wildman–Crippen LogP) is 5.44. The molecule has 0 heterocycles. The molecule has 5 nitrogen and oxygen atoms in total. The van der Waals surface area contributed by atoms with Crippen molar-refractivity contribution in [3.63, 3.8) is 0 Å². The molecule has 3 aromatic carbocycles. The first-order valence-electron chi connectivity index (χ1n) is 9.46. The van der Waals surface area contributed by atoms with Crippen LogP contribution in [-0.2, 0) is 0 Å². The number of carbonyl (C=O) groups excluding carboxylic acids is 1. The standard InChI is InChI=1S/C24H22N2O3/c1-2-28-21-14-12-20(13-15-21)26(17-7-16-25)24(27)19-8-6-11-23(18-19)29-22-9-4-3-5-10-22/h3-6,8-15,18H,2,7,17H2,1H3. The van der Waals surface area contributed by atoms with Crippen molar-refractivity contribution < 1.29 is 14.3 Å². The minimum Gasteiger partial charge on any atom is -0.494 e. The van der Waals surface area contributed by atoms with Crippen LogP contribution in [0.2, 0.25) is 0 Å². The molecule has 0 saturated carbocycles. The molecule has 29 heavy (non-hydrogen) atoms. The van der Waals surface area contributed by atoms with Gasteiger partial charge < -0.3 is 14.4 Å². The van der Waals surface area contributed by atoms with Gasteiger partial charge >= 0.3 is 0 Å². The van der Waals surface area contributed by atoms with Crippen molar-refractivity contribution in [1.29, 1.82) is 5.26 Å². The Morgan fingerprint density at radius 3 is 2.34 bits per heavy atom. The van der Waals surface area contributed by atoms with E-state index >= 15 is 0 Å². The predicted molar refractivity (Wildman–Crippen MR) is 112 cm³/mol. The number of amides is 1. The number of carbonyl (C=O) groups is 1. The second-order valence-corrected chi connectivity index (χ2v) is 6.23. The fourth-order valence-corrected chi connectivity index (χ4v) is 2.87. The first-order valence-corrected chi connectivity index (χ1v) is 9.46. The highest BCUT2D eigenvalue weighted by molar-refractivity contribution is 6.06. The van der Waals surface area contributed by atoms with Crippen molar-refractivity contribution in [2.75, 3.05) is 18.1 Å². The summed E-state index contributed by atoms with van der Waals surface area (Å²) in [4.78, 5) is 14.8. The maximum atomic E-state index is 13.2. The average molecular weight is 386 g/mol. The Balaban J connectivity index is 1.83. The molecule has 1 amide bonds. The van der Waals surface area contributed by atoms with Crippen LogP contribution in [0.4, 0.5) is 5.69 Å². The molecule has 0 bridgehead atoms. The van der Waals surface area contributed by atoms with E-state index in [1.165, 1.54) is 0 Å². The topological polar surface area (TPSA) is 62.6 Å². The summed E-state index contributed by atoms with van der Waals surface area (Å²) in [6.45, 7) is 2.79. The van der Waals surface area contributed by atoms with Crippen molar-refractivity contribution in [3.05, 3.63) is 84.4 Å². The maximum Gasteiger partial charge on any atom is 0.258 e. The van der Waals surface area contributed by atoms with Crippen LogP contribution >= 0.6 is 0 Å². The molecule has 5 heteroatoms. The summed E-state index contributed by atoms with van der Waals surface area (Å²) in [6.07, 6.45) is 0.235. The van der Waals surface area contributed by atoms with Gasteiger partial charge in [0.05, 0.1) is 19.1 Å². The van der Waals surface area contributed by atoms with Crippen LogP contribution in [-0.4, -0.2) is 19.1 Å². The van der Waals surface area contributed by atoms with E-state index in [2.05, 4.69) is 6.07 Å². The van der Waals surface area contributed by atoms with Crippen LogP contribution in [0.5, 0.6) is 17.2 Å². The van der Waals surface area contributed by atoms with Gasteiger partial charge in [0.2, 0.25) is 0 Å². The largest absolute Gasteiger partial charge is 0.494 e. The molecule has 3 rings (SSSR count). The highest BCUT2D eigenvalue weighted by atomic mass is 16.5. The zero-order chi connectivity index (χ0) is 20.5. The molecule has 0 unspecified atom stereocenters. The minimum absolute atomic E-state index is 0.192. The summed E-state index contributed by atoms with van der Waals surface area (Å²) in [5.41, 5.74) is 1.20. The zero-order valence-corrected chi connectivity index (χ0v) is 16.2. The molecule has 0 aliphatic carbocycles. The lowest BCUT2D eigenvalue weighted by Crippen LogP contribution is -2.31. The van der Waals surface area contributed by atoms with Gasteiger partial charge in [-0.05, 0) is 61.5 Å². The Bertz CT molecular complexity index is 979. The molecule has 0 radical (unpaired) electrons. The Morgan fingerprint density at radius 2 is 1.66 bits per heavy atom. The molecule has 0 fully saturated rings. The first kappa shape index (κ1) is 20.0. The highest BCUT2D eigenvalue weighted by Gasteiger charge is 2.18. The molecule has 0 saturated heterocycles. The second kappa shape index (κ2) is 9.95. The molecule has 0 atom stereocenters. The summed E-state index contributed by atoms with van der Waals surface area (Å²) in [5, 5.41) is 9.01. The lowest BCUT2D eigenvalue weighted by molar-refractivity contribution is 0.0987. The van der Waals surface area contributed by atoms with Crippen LogP contribution in [0.25, 0.3) is 0 Å². The Labute approximate surface area is 170 Å². The molecular formula is C24H22N2O3. The van der Waals surface area contributed by atoms with Crippen molar-refractivity contribution >= 4 is 11.6 Å². The molecule has 0 aromatic heterocycles. The second-order valence-electron chi connectivity index (χ2n) is 6.23. The number of para-hydroxylation sites is 1. The number of benzene rings is 3.